The molecule has 0 fully saturated rings. The molecule has 2 aromatic carbocycles. The first-order valence-corrected chi connectivity index (χ1v) is 6.33. The minimum atomic E-state index is 0.467. The second-order valence-corrected chi connectivity index (χ2v) is 4.96. The van der Waals surface area contributed by atoms with Gasteiger partial charge in [0.05, 0.1) is 0 Å². The third-order valence-electron chi connectivity index (χ3n) is 3.38. The number of benzene rings is 2. The maximum Gasteiger partial charge on any atom is 0.00611 e. The van der Waals surface area contributed by atoms with Crippen LogP contribution in [0, 0.1) is 0 Å². The van der Waals surface area contributed by atoms with Crippen molar-refractivity contribution in [1.82, 2.24) is 0 Å². The van der Waals surface area contributed by atoms with Crippen molar-refractivity contribution in [2.45, 2.75) is 32.6 Å². The topological polar surface area (TPSA) is 0 Å². The molecule has 0 heterocycles. The smallest absolute Gasteiger partial charge is 0.00611 e. The summed E-state index contributed by atoms with van der Waals surface area (Å²) < 4.78 is 0. The van der Waals surface area contributed by atoms with Gasteiger partial charge in [-0.1, -0.05) is 75.4 Å². The summed E-state index contributed by atoms with van der Waals surface area (Å²) in [5, 5.41) is 0. The standard InChI is InChI=1S/C17H20/c1-13(2)16-10-7-11-17(12-16)14(3)15-8-5-4-6-9-15/h4-14H,1-3H3/t14-/m1/s1. The molecule has 0 saturated carbocycles. The Hall–Kier alpha value is -1.56. The molecule has 0 aliphatic carbocycles. The Labute approximate surface area is 104 Å². The monoisotopic (exact) mass is 224 g/mol. The van der Waals surface area contributed by atoms with E-state index in [0.717, 1.165) is 0 Å². The summed E-state index contributed by atoms with van der Waals surface area (Å²) in [4.78, 5) is 0. The summed E-state index contributed by atoms with van der Waals surface area (Å²) in [6, 6.07) is 19.6. The molecule has 0 aliphatic rings. The first kappa shape index (κ1) is 11.9. The Balaban J connectivity index is 2.31. The van der Waals surface area contributed by atoms with E-state index in [0.29, 0.717) is 11.8 Å². The van der Waals surface area contributed by atoms with Crippen molar-refractivity contribution in [3.8, 4) is 0 Å². The van der Waals surface area contributed by atoms with E-state index in [4.69, 9.17) is 0 Å². The van der Waals surface area contributed by atoms with E-state index in [2.05, 4.69) is 75.4 Å². The van der Waals surface area contributed by atoms with E-state index in [1.54, 1.807) is 0 Å². The van der Waals surface area contributed by atoms with Gasteiger partial charge in [-0.05, 0) is 22.6 Å². The summed E-state index contributed by atoms with van der Waals surface area (Å²) in [6.07, 6.45) is 0. The van der Waals surface area contributed by atoms with Crippen LogP contribution in [0.25, 0.3) is 0 Å². The van der Waals surface area contributed by atoms with Crippen LogP contribution < -0.4 is 0 Å². The molecule has 0 radical (unpaired) electrons. The van der Waals surface area contributed by atoms with E-state index < -0.39 is 0 Å². The normalized spacial score (nSPS) is 12.7. The number of hydrogen-bond acceptors (Lipinski definition) is 0. The largest absolute Gasteiger partial charge is 0.0622 e. The molecule has 0 nitrogen and oxygen atoms in total. The molecule has 17 heavy (non-hydrogen) atoms. The Morgan fingerprint density at radius 3 is 1.88 bits per heavy atom. The maximum absolute atomic E-state index is 2.34. The molecule has 88 valence electrons. The Morgan fingerprint density at radius 1 is 0.647 bits per heavy atom. The summed E-state index contributed by atoms with van der Waals surface area (Å²) in [7, 11) is 0. The Bertz CT molecular complexity index is 468. The van der Waals surface area contributed by atoms with E-state index in [1.165, 1.54) is 16.7 Å². The van der Waals surface area contributed by atoms with Gasteiger partial charge in [0.15, 0.2) is 0 Å². The lowest BCUT2D eigenvalue weighted by Gasteiger charge is -2.15. The van der Waals surface area contributed by atoms with Gasteiger partial charge < -0.3 is 0 Å². The minimum absolute atomic E-state index is 0.467. The van der Waals surface area contributed by atoms with E-state index in [-0.39, 0.29) is 0 Å². The van der Waals surface area contributed by atoms with Crippen molar-refractivity contribution in [2.24, 2.45) is 0 Å². The highest BCUT2D eigenvalue weighted by Crippen LogP contribution is 2.26. The van der Waals surface area contributed by atoms with Gasteiger partial charge >= 0.3 is 0 Å². The lowest BCUT2D eigenvalue weighted by Crippen LogP contribution is -1.97. The van der Waals surface area contributed by atoms with Crippen LogP contribution in [0.3, 0.4) is 0 Å². The van der Waals surface area contributed by atoms with Gasteiger partial charge in [-0.15, -0.1) is 0 Å². The quantitative estimate of drug-likeness (QED) is 0.691. The minimum Gasteiger partial charge on any atom is -0.0622 e. The van der Waals surface area contributed by atoms with Crippen molar-refractivity contribution in [2.75, 3.05) is 0 Å². The zero-order valence-electron chi connectivity index (χ0n) is 10.9. The molecular formula is C17H20. The Morgan fingerprint density at radius 2 is 1.24 bits per heavy atom. The van der Waals surface area contributed by atoms with Gasteiger partial charge in [-0.2, -0.15) is 0 Å². The van der Waals surface area contributed by atoms with Gasteiger partial charge in [0, 0.05) is 5.92 Å². The van der Waals surface area contributed by atoms with Crippen molar-refractivity contribution in [1.29, 1.82) is 0 Å². The highest BCUT2D eigenvalue weighted by Gasteiger charge is 2.09. The van der Waals surface area contributed by atoms with E-state index >= 15 is 0 Å². The fraction of sp³-hybridized carbons (Fsp3) is 0.294. The second kappa shape index (κ2) is 5.18. The van der Waals surface area contributed by atoms with E-state index in [9.17, 15) is 0 Å². The predicted molar refractivity (Wildman–Crippen MR) is 74.5 cm³/mol. The lowest BCUT2D eigenvalue weighted by atomic mass is 9.90. The first-order valence-electron chi connectivity index (χ1n) is 6.33. The zero-order chi connectivity index (χ0) is 12.3. The predicted octanol–water partition coefficient (Wildman–Crippen LogP) is 4.96. The second-order valence-electron chi connectivity index (χ2n) is 4.96. The summed E-state index contributed by atoms with van der Waals surface area (Å²) in [5.74, 6) is 1.06. The SMILES string of the molecule is CC(C)c1cccc([C@H](C)c2ccccc2)c1. The summed E-state index contributed by atoms with van der Waals surface area (Å²) in [5.41, 5.74) is 4.21. The molecule has 0 aromatic heterocycles. The molecule has 0 saturated heterocycles. The third-order valence-corrected chi connectivity index (χ3v) is 3.38. The van der Waals surface area contributed by atoms with Gasteiger partial charge in [0.2, 0.25) is 0 Å². The molecule has 0 amide bonds. The first-order chi connectivity index (χ1) is 8.18. The van der Waals surface area contributed by atoms with Crippen molar-refractivity contribution < 1.29 is 0 Å². The van der Waals surface area contributed by atoms with Crippen LogP contribution >= 0.6 is 0 Å². The van der Waals surface area contributed by atoms with Gasteiger partial charge in [-0.3, -0.25) is 0 Å². The zero-order valence-corrected chi connectivity index (χ0v) is 10.9. The van der Waals surface area contributed by atoms with Crippen molar-refractivity contribution in [3.05, 3.63) is 71.3 Å². The van der Waals surface area contributed by atoms with Crippen LogP contribution in [0.4, 0.5) is 0 Å². The average molecular weight is 224 g/mol. The molecule has 1 atom stereocenters. The van der Waals surface area contributed by atoms with Gasteiger partial charge in [0.1, 0.15) is 0 Å². The lowest BCUT2D eigenvalue weighted by molar-refractivity contribution is 0.851. The summed E-state index contributed by atoms with van der Waals surface area (Å²) in [6.45, 7) is 6.76. The summed E-state index contributed by atoms with van der Waals surface area (Å²) >= 11 is 0. The highest BCUT2D eigenvalue weighted by atomic mass is 14.1. The maximum atomic E-state index is 2.34. The Kier molecular flexibility index (Phi) is 3.63. The van der Waals surface area contributed by atoms with Crippen molar-refractivity contribution >= 4 is 0 Å². The number of rotatable bonds is 3. The van der Waals surface area contributed by atoms with Gasteiger partial charge in [0.25, 0.3) is 0 Å². The average Bonchev–Trinajstić information content (AvgIpc) is 2.39. The van der Waals surface area contributed by atoms with Crippen LogP contribution in [0.5, 0.6) is 0 Å². The highest BCUT2D eigenvalue weighted by molar-refractivity contribution is 5.34. The molecule has 2 rings (SSSR count). The third kappa shape index (κ3) is 2.76. The molecule has 0 N–H and O–H groups in total. The molecule has 2 aromatic rings. The molecule has 0 aliphatic heterocycles. The molecular weight excluding hydrogens is 204 g/mol. The molecule has 0 bridgehead atoms. The fourth-order valence-electron chi connectivity index (χ4n) is 2.12. The number of hydrogen-bond donors (Lipinski definition) is 0. The van der Waals surface area contributed by atoms with Crippen LogP contribution in [-0.2, 0) is 0 Å². The fourth-order valence-corrected chi connectivity index (χ4v) is 2.12. The van der Waals surface area contributed by atoms with Crippen molar-refractivity contribution in [3.63, 3.8) is 0 Å². The van der Waals surface area contributed by atoms with Crippen LogP contribution in [0.15, 0.2) is 54.6 Å². The van der Waals surface area contributed by atoms with E-state index in [1.807, 2.05) is 0 Å². The molecule has 0 heteroatoms. The molecule has 0 unspecified atom stereocenters. The molecule has 0 spiro atoms. The van der Waals surface area contributed by atoms with Crippen LogP contribution in [0.2, 0.25) is 0 Å². The van der Waals surface area contributed by atoms with Gasteiger partial charge in [-0.25, -0.2) is 0 Å². The van der Waals surface area contributed by atoms with Crippen LogP contribution in [-0.4, -0.2) is 0 Å². The van der Waals surface area contributed by atoms with Crippen LogP contribution in [0.1, 0.15) is 49.3 Å².